The van der Waals surface area contributed by atoms with Crippen molar-refractivity contribution in [2.75, 3.05) is 13.1 Å². The molecule has 3 aliphatic heterocycles. The van der Waals surface area contributed by atoms with E-state index in [1.807, 2.05) is 6.07 Å². The van der Waals surface area contributed by atoms with Gasteiger partial charge in [0.2, 0.25) is 11.8 Å². The van der Waals surface area contributed by atoms with Crippen LogP contribution in [-0.4, -0.2) is 53.7 Å². The zero-order chi connectivity index (χ0) is 20.2. The van der Waals surface area contributed by atoms with Crippen LogP contribution in [0.1, 0.15) is 58.4 Å². The van der Waals surface area contributed by atoms with Crippen molar-refractivity contribution in [3.63, 3.8) is 0 Å². The molecule has 0 radical (unpaired) electrons. The lowest BCUT2D eigenvalue weighted by Crippen LogP contribution is -2.54. The molecule has 2 unspecified atom stereocenters. The highest BCUT2D eigenvalue weighted by molar-refractivity contribution is 6.24. The van der Waals surface area contributed by atoms with Gasteiger partial charge in [0.15, 0.2) is 0 Å². The quantitative estimate of drug-likeness (QED) is 0.633. The van der Waals surface area contributed by atoms with E-state index in [1.165, 1.54) is 19.3 Å². The average Bonchev–Trinajstić information content (AvgIpc) is 3.21. The van der Waals surface area contributed by atoms with Gasteiger partial charge in [-0.15, -0.1) is 0 Å². The number of benzene rings is 1. The molecule has 5 rings (SSSR count). The Labute approximate surface area is 168 Å². The Morgan fingerprint density at radius 1 is 1.14 bits per heavy atom. The number of nitrogens with one attached hydrogen (secondary N) is 3. The standard InChI is InChI=1S/C21H24N4O4/c26-16-6-5-14(18(27)24-16)25-19(28)13-4-1-3-12(17(13)20(25)29)9-23-15-10-22-11-21(15)7-2-8-21/h1,3-4,14-15,22-23H,2,5-11H2,(H,24,26,27). The molecule has 1 aromatic carbocycles. The second kappa shape index (κ2) is 6.74. The predicted molar refractivity (Wildman–Crippen MR) is 103 cm³/mol. The minimum Gasteiger partial charge on any atom is -0.315 e. The molecule has 8 heteroatoms. The molecule has 1 aliphatic carbocycles. The molecular formula is C21H24N4O4. The number of piperidine rings is 1. The lowest BCUT2D eigenvalue weighted by atomic mass is 9.65. The molecule has 3 fully saturated rings. The molecular weight excluding hydrogens is 372 g/mol. The Kier molecular flexibility index (Phi) is 4.29. The number of nitrogens with zero attached hydrogens (tertiary/aromatic N) is 1. The molecule has 29 heavy (non-hydrogen) atoms. The van der Waals surface area contributed by atoms with Gasteiger partial charge in [-0.2, -0.15) is 0 Å². The van der Waals surface area contributed by atoms with Crippen LogP contribution in [0.25, 0.3) is 0 Å². The lowest BCUT2D eigenvalue weighted by Gasteiger charge is -2.43. The average molecular weight is 396 g/mol. The first-order valence-electron chi connectivity index (χ1n) is 10.3. The van der Waals surface area contributed by atoms with Crippen molar-refractivity contribution in [1.29, 1.82) is 0 Å². The van der Waals surface area contributed by atoms with E-state index >= 15 is 0 Å². The fourth-order valence-electron chi connectivity index (χ4n) is 5.22. The minimum absolute atomic E-state index is 0.120. The van der Waals surface area contributed by atoms with E-state index in [2.05, 4.69) is 16.0 Å². The van der Waals surface area contributed by atoms with Gasteiger partial charge in [0.05, 0.1) is 11.1 Å². The smallest absolute Gasteiger partial charge is 0.262 e. The predicted octanol–water partition coefficient (Wildman–Crippen LogP) is 0.320. The summed E-state index contributed by atoms with van der Waals surface area (Å²) in [6, 6.07) is 4.70. The number of hydrogen-bond donors (Lipinski definition) is 3. The largest absolute Gasteiger partial charge is 0.315 e. The van der Waals surface area contributed by atoms with Gasteiger partial charge in [-0.25, -0.2) is 0 Å². The van der Waals surface area contributed by atoms with Gasteiger partial charge in [-0.3, -0.25) is 29.4 Å². The minimum atomic E-state index is -0.932. The van der Waals surface area contributed by atoms with E-state index in [1.54, 1.807) is 12.1 Å². The fraction of sp³-hybridized carbons (Fsp3) is 0.524. The third-order valence-electron chi connectivity index (χ3n) is 7.01. The molecule has 1 aromatic rings. The maximum Gasteiger partial charge on any atom is 0.262 e. The highest BCUT2D eigenvalue weighted by Gasteiger charge is 2.48. The molecule has 1 saturated carbocycles. The first-order valence-corrected chi connectivity index (χ1v) is 10.3. The summed E-state index contributed by atoms with van der Waals surface area (Å²) in [6.07, 6.45) is 3.97. The van der Waals surface area contributed by atoms with Crippen molar-refractivity contribution in [3.05, 3.63) is 34.9 Å². The van der Waals surface area contributed by atoms with E-state index in [0.29, 0.717) is 29.1 Å². The van der Waals surface area contributed by atoms with Crippen LogP contribution in [0.4, 0.5) is 0 Å². The Hall–Kier alpha value is -2.58. The summed E-state index contributed by atoms with van der Waals surface area (Å²) in [5.74, 6) is -1.86. The molecule has 3 heterocycles. The topological polar surface area (TPSA) is 108 Å². The highest BCUT2D eigenvalue weighted by Crippen LogP contribution is 2.45. The molecule has 0 aromatic heterocycles. The van der Waals surface area contributed by atoms with Gasteiger partial charge in [-0.05, 0) is 36.3 Å². The zero-order valence-corrected chi connectivity index (χ0v) is 16.1. The van der Waals surface area contributed by atoms with E-state index in [-0.39, 0.29) is 18.7 Å². The second-order valence-electron chi connectivity index (χ2n) is 8.57. The van der Waals surface area contributed by atoms with Crippen LogP contribution in [-0.2, 0) is 16.1 Å². The Morgan fingerprint density at radius 2 is 1.97 bits per heavy atom. The van der Waals surface area contributed by atoms with Crippen molar-refractivity contribution in [3.8, 4) is 0 Å². The Bertz CT molecular complexity index is 923. The molecule has 4 aliphatic rings. The van der Waals surface area contributed by atoms with Gasteiger partial charge in [0, 0.05) is 32.1 Å². The molecule has 0 bridgehead atoms. The molecule has 2 atom stereocenters. The van der Waals surface area contributed by atoms with Crippen LogP contribution in [0.15, 0.2) is 18.2 Å². The van der Waals surface area contributed by atoms with Crippen molar-refractivity contribution >= 4 is 23.6 Å². The summed E-state index contributed by atoms with van der Waals surface area (Å²) in [5.41, 5.74) is 1.80. The SMILES string of the molecule is O=C1CCC(N2C(=O)c3cccc(CNC4CNCC45CCC5)c3C2=O)C(=O)N1. The normalized spacial score (nSPS) is 27.9. The van der Waals surface area contributed by atoms with Gasteiger partial charge >= 0.3 is 0 Å². The number of carbonyl (C=O) groups excluding carboxylic acids is 4. The first-order chi connectivity index (χ1) is 14.0. The van der Waals surface area contributed by atoms with Gasteiger partial charge < -0.3 is 10.6 Å². The number of rotatable bonds is 4. The van der Waals surface area contributed by atoms with Gasteiger partial charge in [0.25, 0.3) is 11.8 Å². The number of fused-ring (bicyclic) bond motifs is 1. The van der Waals surface area contributed by atoms with Crippen LogP contribution in [0, 0.1) is 5.41 Å². The summed E-state index contributed by atoms with van der Waals surface area (Å²) in [7, 11) is 0. The summed E-state index contributed by atoms with van der Waals surface area (Å²) in [4.78, 5) is 50.7. The third-order valence-corrected chi connectivity index (χ3v) is 7.01. The van der Waals surface area contributed by atoms with E-state index in [0.717, 1.165) is 23.6 Å². The van der Waals surface area contributed by atoms with E-state index < -0.39 is 23.8 Å². The number of amides is 4. The maximum atomic E-state index is 13.1. The zero-order valence-electron chi connectivity index (χ0n) is 16.1. The number of carbonyl (C=O) groups is 4. The third kappa shape index (κ3) is 2.81. The van der Waals surface area contributed by atoms with Gasteiger partial charge in [0.1, 0.15) is 6.04 Å². The van der Waals surface area contributed by atoms with Crippen LogP contribution in [0.2, 0.25) is 0 Å². The van der Waals surface area contributed by atoms with Crippen molar-refractivity contribution in [1.82, 2.24) is 20.9 Å². The van der Waals surface area contributed by atoms with Crippen molar-refractivity contribution in [2.45, 2.75) is 50.7 Å². The maximum absolute atomic E-state index is 13.1. The summed E-state index contributed by atoms with van der Waals surface area (Å²) in [6.45, 7) is 2.43. The number of imide groups is 2. The lowest BCUT2D eigenvalue weighted by molar-refractivity contribution is -0.136. The number of hydrogen-bond acceptors (Lipinski definition) is 6. The van der Waals surface area contributed by atoms with Crippen LogP contribution in [0.3, 0.4) is 0 Å². The van der Waals surface area contributed by atoms with Gasteiger partial charge in [-0.1, -0.05) is 18.6 Å². The van der Waals surface area contributed by atoms with Crippen LogP contribution < -0.4 is 16.0 Å². The van der Waals surface area contributed by atoms with E-state index in [4.69, 9.17) is 0 Å². The molecule has 152 valence electrons. The molecule has 1 spiro atoms. The first kappa shape index (κ1) is 18.4. The highest BCUT2D eigenvalue weighted by atomic mass is 16.2. The van der Waals surface area contributed by atoms with E-state index in [9.17, 15) is 19.2 Å². The molecule has 4 amide bonds. The Balaban J connectivity index is 1.38. The van der Waals surface area contributed by atoms with Crippen LogP contribution >= 0.6 is 0 Å². The van der Waals surface area contributed by atoms with Crippen molar-refractivity contribution < 1.29 is 19.2 Å². The molecule has 3 N–H and O–H groups in total. The van der Waals surface area contributed by atoms with Crippen LogP contribution in [0.5, 0.6) is 0 Å². The summed E-state index contributed by atoms with van der Waals surface area (Å²) < 4.78 is 0. The monoisotopic (exact) mass is 396 g/mol. The summed E-state index contributed by atoms with van der Waals surface area (Å²) >= 11 is 0. The molecule has 8 nitrogen and oxygen atoms in total. The van der Waals surface area contributed by atoms with Crippen molar-refractivity contribution in [2.24, 2.45) is 5.41 Å². The fourth-order valence-corrected chi connectivity index (χ4v) is 5.22. The Morgan fingerprint density at radius 3 is 2.69 bits per heavy atom. The molecule has 2 saturated heterocycles. The summed E-state index contributed by atoms with van der Waals surface area (Å²) in [5, 5.41) is 9.29. The second-order valence-corrected chi connectivity index (χ2v) is 8.57.